The molecule has 3 atom stereocenters. The lowest BCUT2D eigenvalue weighted by atomic mass is 10.0. The van der Waals surface area contributed by atoms with Gasteiger partial charge in [0.1, 0.15) is 12.2 Å². The van der Waals surface area contributed by atoms with Crippen LogP contribution in [0.15, 0.2) is 0 Å². The topological polar surface area (TPSA) is 66.8 Å². The number of hydrogen-bond donors (Lipinski definition) is 2. The first kappa shape index (κ1) is 9.48. The third-order valence-corrected chi connectivity index (χ3v) is 2.23. The molecule has 4 heteroatoms. The fourth-order valence-corrected chi connectivity index (χ4v) is 1.36. The molecular formula is C8H14O4. The second kappa shape index (κ2) is 3.87. The Morgan fingerprint density at radius 1 is 1.75 bits per heavy atom. The summed E-state index contributed by atoms with van der Waals surface area (Å²) in [5.41, 5.74) is 0. The van der Waals surface area contributed by atoms with Crippen molar-refractivity contribution in [2.45, 2.75) is 32.0 Å². The summed E-state index contributed by atoms with van der Waals surface area (Å²) in [6.07, 6.45) is -0.178. The summed E-state index contributed by atoms with van der Waals surface area (Å²) >= 11 is 0. The molecular weight excluding hydrogens is 160 g/mol. The lowest BCUT2D eigenvalue weighted by Gasteiger charge is -2.13. The van der Waals surface area contributed by atoms with Crippen molar-refractivity contribution in [1.82, 2.24) is 0 Å². The van der Waals surface area contributed by atoms with E-state index in [2.05, 4.69) is 0 Å². The maximum Gasteiger partial charge on any atom is 0.309 e. The van der Waals surface area contributed by atoms with Crippen LogP contribution >= 0.6 is 0 Å². The molecule has 0 aromatic heterocycles. The number of hydrogen-bond acceptors (Lipinski definition) is 4. The molecule has 0 spiro atoms. The largest absolute Gasteiger partial charge is 0.459 e. The van der Waals surface area contributed by atoms with E-state index in [0.29, 0.717) is 6.42 Å². The van der Waals surface area contributed by atoms with E-state index in [1.165, 1.54) is 0 Å². The molecule has 1 heterocycles. The first-order valence-corrected chi connectivity index (χ1v) is 4.18. The van der Waals surface area contributed by atoms with Crippen LogP contribution < -0.4 is 0 Å². The van der Waals surface area contributed by atoms with E-state index in [9.17, 15) is 4.79 Å². The van der Waals surface area contributed by atoms with Gasteiger partial charge in [0.15, 0.2) is 0 Å². The van der Waals surface area contributed by atoms with E-state index < -0.39 is 12.2 Å². The Morgan fingerprint density at radius 2 is 2.42 bits per heavy atom. The predicted octanol–water partition coefficient (Wildman–Crippen LogP) is -0.319. The fourth-order valence-electron chi connectivity index (χ4n) is 1.36. The van der Waals surface area contributed by atoms with E-state index in [4.69, 9.17) is 14.9 Å². The molecule has 1 aliphatic heterocycles. The van der Waals surface area contributed by atoms with Crippen molar-refractivity contribution in [3.63, 3.8) is 0 Å². The van der Waals surface area contributed by atoms with Crippen LogP contribution in [0.3, 0.4) is 0 Å². The summed E-state index contributed by atoms with van der Waals surface area (Å²) in [5, 5.41) is 17.8. The van der Waals surface area contributed by atoms with Crippen molar-refractivity contribution < 1.29 is 19.7 Å². The van der Waals surface area contributed by atoms with Crippen molar-refractivity contribution in [2.24, 2.45) is 5.92 Å². The lowest BCUT2D eigenvalue weighted by Crippen LogP contribution is -2.28. The second-order valence-electron chi connectivity index (χ2n) is 3.07. The Morgan fingerprint density at radius 3 is 2.83 bits per heavy atom. The fraction of sp³-hybridized carbons (Fsp3) is 0.875. The summed E-state index contributed by atoms with van der Waals surface area (Å²) < 4.78 is 4.87. The number of carbonyl (C=O) groups excluding carboxylic acids is 1. The zero-order valence-electron chi connectivity index (χ0n) is 7.06. The summed E-state index contributed by atoms with van der Waals surface area (Å²) in [5.74, 6) is -0.355. The van der Waals surface area contributed by atoms with Crippen molar-refractivity contribution in [3.8, 4) is 0 Å². The molecule has 1 aliphatic rings. The van der Waals surface area contributed by atoms with Crippen molar-refractivity contribution in [3.05, 3.63) is 0 Å². The van der Waals surface area contributed by atoms with Gasteiger partial charge in [-0.05, 0) is 6.42 Å². The van der Waals surface area contributed by atoms with E-state index in [1.807, 2.05) is 6.92 Å². The van der Waals surface area contributed by atoms with Crippen LogP contribution in [-0.2, 0) is 9.53 Å². The van der Waals surface area contributed by atoms with Gasteiger partial charge < -0.3 is 14.9 Å². The first-order chi connectivity index (χ1) is 5.69. The highest BCUT2D eigenvalue weighted by atomic mass is 16.6. The molecule has 2 N–H and O–H groups in total. The third kappa shape index (κ3) is 1.76. The van der Waals surface area contributed by atoms with Gasteiger partial charge in [0.05, 0.1) is 12.5 Å². The van der Waals surface area contributed by atoms with Gasteiger partial charge in [-0.3, -0.25) is 4.79 Å². The van der Waals surface area contributed by atoms with Gasteiger partial charge in [-0.25, -0.2) is 0 Å². The van der Waals surface area contributed by atoms with Crippen LogP contribution in [0, 0.1) is 5.92 Å². The number of aliphatic hydroxyl groups is 2. The Hall–Kier alpha value is -0.610. The summed E-state index contributed by atoms with van der Waals surface area (Å²) in [4.78, 5) is 11.0. The van der Waals surface area contributed by atoms with Crippen LogP contribution in [0.1, 0.15) is 19.8 Å². The molecule has 1 saturated heterocycles. The molecule has 1 rings (SSSR count). The van der Waals surface area contributed by atoms with Crippen LogP contribution in [0.5, 0.6) is 0 Å². The molecule has 0 aliphatic carbocycles. The normalized spacial score (nSPS) is 31.8. The Labute approximate surface area is 71.2 Å². The maximum absolute atomic E-state index is 11.0. The number of cyclic esters (lactones) is 1. The molecule has 4 nitrogen and oxygen atoms in total. The van der Waals surface area contributed by atoms with E-state index in [1.54, 1.807) is 0 Å². The van der Waals surface area contributed by atoms with Gasteiger partial charge in [0.25, 0.3) is 0 Å². The zero-order valence-corrected chi connectivity index (χ0v) is 7.06. The molecule has 1 fully saturated rings. The highest BCUT2D eigenvalue weighted by molar-refractivity contribution is 5.74. The van der Waals surface area contributed by atoms with E-state index >= 15 is 0 Å². The molecule has 70 valence electrons. The van der Waals surface area contributed by atoms with Crippen LogP contribution in [0.2, 0.25) is 0 Å². The van der Waals surface area contributed by atoms with Gasteiger partial charge in [-0.1, -0.05) is 6.92 Å². The molecule has 0 bridgehead atoms. The Bertz CT molecular complexity index is 168. The average Bonchev–Trinajstić information content (AvgIpc) is 2.45. The summed E-state index contributed by atoms with van der Waals surface area (Å²) in [7, 11) is 0. The van der Waals surface area contributed by atoms with Gasteiger partial charge in [0.2, 0.25) is 0 Å². The number of ether oxygens (including phenoxy) is 1. The van der Waals surface area contributed by atoms with Crippen molar-refractivity contribution in [2.75, 3.05) is 6.61 Å². The van der Waals surface area contributed by atoms with E-state index in [-0.39, 0.29) is 18.5 Å². The Kier molecular flexibility index (Phi) is 3.05. The van der Waals surface area contributed by atoms with Gasteiger partial charge in [-0.15, -0.1) is 0 Å². The van der Waals surface area contributed by atoms with Crippen LogP contribution in [0.25, 0.3) is 0 Å². The minimum absolute atomic E-state index is 0.101. The standard InChI is InChI=1S/C8H14O4/c1-2-5-3-7(6(10)4-9)12-8(5)11/h5-7,9-10H,2-4H2,1H3. The molecule has 0 radical (unpaired) electrons. The third-order valence-electron chi connectivity index (χ3n) is 2.23. The SMILES string of the molecule is CCC1CC(C(O)CO)OC1=O. The number of aliphatic hydroxyl groups excluding tert-OH is 2. The second-order valence-corrected chi connectivity index (χ2v) is 3.07. The highest BCUT2D eigenvalue weighted by Crippen LogP contribution is 2.25. The molecule has 12 heavy (non-hydrogen) atoms. The van der Waals surface area contributed by atoms with Crippen molar-refractivity contribution >= 4 is 5.97 Å². The minimum atomic E-state index is -0.925. The number of esters is 1. The van der Waals surface area contributed by atoms with E-state index in [0.717, 1.165) is 6.42 Å². The number of carbonyl (C=O) groups is 1. The maximum atomic E-state index is 11.0. The van der Waals surface area contributed by atoms with Gasteiger partial charge in [-0.2, -0.15) is 0 Å². The first-order valence-electron chi connectivity index (χ1n) is 4.18. The van der Waals surface area contributed by atoms with Crippen molar-refractivity contribution in [1.29, 1.82) is 0 Å². The number of rotatable bonds is 3. The smallest absolute Gasteiger partial charge is 0.309 e. The minimum Gasteiger partial charge on any atom is -0.459 e. The lowest BCUT2D eigenvalue weighted by molar-refractivity contribution is -0.148. The molecule has 0 saturated carbocycles. The zero-order chi connectivity index (χ0) is 9.14. The van der Waals surface area contributed by atoms with Crippen LogP contribution in [-0.4, -0.2) is 35.0 Å². The van der Waals surface area contributed by atoms with Gasteiger partial charge >= 0.3 is 5.97 Å². The molecule has 0 aromatic rings. The Balaban J connectivity index is 2.48. The average molecular weight is 174 g/mol. The quantitative estimate of drug-likeness (QED) is 0.575. The van der Waals surface area contributed by atoms with Crippen LogP contribution in [0.4, 0.5) is 0 Å². The monoisotopic (exact) mass is 174 g/mol. The summed E-state index contributed by atoms with van der Waals surface area (Å²) in [6, 6.07) is 0. The molecule has 3 unspecified atom stereocenters. The highest BCUT2D eigenvalue weighted by Gasteiger charge is 2.36. The van der Waals surface area contributed by atoms with Gasteiger partial charge in [0, 0.05) is 6.42 Å². The summed E-state index contributed by atoms with van der Waals surface area (Å²) in [6.45, 7) is 1.55. The molecule has 0 aromatic carbocycles. The molecule has 0 amide bonds. The predicted molar refractivity (Wildman–Crippen MR) is 41.4 cm³/mol.